The molecule has 126 valence electrons. The Hall–Kier alpha value is -2.81. The van der Waals surface area contributed by atoms with Crippen LogP contribution in [0.2, 0.25) is 0 Å². The third-order valence-electron chi connectivity index (χ3n) is 3.69. The molecule has 1 aliphatic rings. The van der Waals surface area contributed by atoms with Gasteiger partial charge in [0.15, 0.2) is 6.61 Å². The molecule has 1 fully saturated rings. The Kier molecular flexibility index (Phi) is 6.84. The molecule has 1 heterocycles. The van der Waals surface area contributed by atoms with Crippen molar-refractivity contribution in [3.8, 4) is 11.8 Å². The summed E-state index contributed by atoms with van der Waals surface area (Å²) in [6, 6.07) is 9.04. The molecule has 0 bridgehead atoms. The standard InChI is InChI=1S/C18H21N3O3/c19-10-14-24-16-7-4-15(5-8-16)6-9-17(22)20-11-2-13-21-12-1-3-18(21)23/h4-9H,1-3,11-14H2,(H,20,22)/b9-6+. The molecule has 6 heteroatoms. The highest BCUT2D eigenvalue weighted by atomic mass is 16.5. The number of benzene rings is 1. The maximum absolute atomic E-state index is 11.7. The van der Waals surface area contributed by atoms with Gasteiger partial charge in [0.1, 0.15) is 11.8 Å². The van der Waals surface area contributed by atoms with Crippen molar-refractivity contribution in [2.45, 2.75) is 19.3 Å². The Morgan fingerprint density at radius 2 is 2.17 bits per heavy atom. The number of carbonyl (C=O) groups excluding carboxylic acids is 2. The van der Waals surface area contributed by atoms with Gasteiger partial charge in [-0.3, -0.25) is 9.59 Å². The number of nitrogens with zero attached hydrogens (tertiary/aromatic N) is 2. The molecule has 24 heavy (non-hydrogen) atoms. The van der Waals surface area contributed by atoms with Gasteiger partial charge in [0.05, 0.1) is 0 Å². The van der Waals surface area contributed by atoms with Gasteiger partial charge in [-0.1, -0.05) is 12.1 Å². The average Bonchev–Trinajstić information content (AvgIpc) is 3.01. The van der Waals surface area contributed by atoms with Crippen molar-refractivity contribution >= 4 is 17.9 Å². The predicted molar refractivity (Wildman–Crippen MR) is 90.0 cm³/mol. The van der Waals surface area contributed by atoms with Gasteiger partial charge in [-0.25, -0.2) is 0 Å². The van der Waals surface area contributed by atoms with Gasteiger partial charge in [0, 0.05) is 32.1 Å². The maximum atomic E-state index is 11.7. The van der Waals surface area contributed by atoms with E-state index in [1.165, 1.54) is 6.08 Å². The number of nitrogens with one attached hydrogen (secondary N) is 1. The normalized spacial score (nSPS) is 14.0. The van der Waals surface area contributed by atoms with Crippen LogP contribution < -0.4 is 10.1 Å². The third-order valence-corrected chi connectivity index (χ3v) is 3.69. The lowest BCUT2D eigenvalue weighted by Gasteiger charge is -2.14. The van der Waals surface area contributed by atoms with E-state index in [1.807, 2.05) is 23.1 Å². The van der Waals surface area contributed by atoms with E-state index in [-0.39, 0.29) is 18.4 Å². The van der Waals surface area contributed by atoms with Crippen molar-refractivity contribution in [2.75, 3.05) is 26.2 Å². The zero-order chi connectivity index (χ0) is 17.2. The lowest BCUT2D eigenvalue weighted by molar-refractivity contribution is -0.127. The van der Waals surface area contributed by atoms with E-state index in [9.17, 15) is 9.59 Å². The number of carbonyl (C=O) groups is 2. The monoisotopic (exact) mass is 327 g/mol. The SMILES string of the molecule is N#CCOc1ccc(/C=C/C(=O)NCCCN2CCCC2=O)cc1. The van der Waals surface area contributed by atoms with Crippen LogP contribution in [0.1, 0.15) is 24.8 Å². The van der Waals surface area contributed by atoms with Gasteiger partial charge in [-0.15, -0.1) is 0 Å². The fraction of sp³-hybridized carbons (Fsp3) is 0.389. The zero-order valence-electron chi connectivity index (χ0n) is 13.5. The molecule has 0 aromatic heterocycles. The molecule has 6 nitrogen and oxygen atoms in total. The molecule has 0 aliphatic carbocycles. The zero-order valence-corrected chi connectivity index (χ0v) is 13.5. The summed E-state index contributed by atoms with van der Waals surface area (Å²) in [5, 5.41) is 11.2. The minimum Gasteiger partial charge on any atom is -0.479 e. The van der Waals surface area contributed by atoms with Crippen molar-refractivity contribution < 1.29 is 14.3 Å². The number of likely N-dealkylation sites (tertiary alicyclic amines) is 1. The summed E-state index contributed by atoms with van der Waals surface area (Å²) >= 11 is 0. The summed E-state index contributed by atoms with van der Waals surface area (Å²) in [7, 11) is 0. The van der Waals surface area contributed by atoms with E-state index in [0.29, 0.717) is 25.3 Å². The Morgan fingerprint density at radius 1 is 1.38 bits per heavy atom. The first-order valence-electron chi connectivity index (χ1n) is 8.02. The minimum atomic E-state index is -0.160. The first-order chi connectivity index (χ1) is 11.7. The lowest BCUT2D eigenvalue weighted by Crippen LogP contribution is -2.29. The fourth-order valence-electron chi connectivity index (χ4n) is 2.44. The maximum Gasteiger partial charge on any atom is 0.244 e. The van der Waals surface area contributed by atoms with Crippen LogP contribution in [0, 0.1) is 11.3 Å². The molecule has 0 spiro atoms. The van der Waals surface area contributed by atoms with Gasteiger partial charge in [-0.05, 0) is 36.6 Å². The molecule has 2 amide bonds. The first kappa shape index (κ1) is 17.5. The molecule has 0 radical (unpaired) electrons. The Bertz CT molecular complexity index is 632. The minimum absolute atomic E-state index is 0.0145. The molecule has 1 aliphatic heterocycles. The van der Waals surface area contributed by atoms with Crippen LogP contribution in [0.4, 0.5) is 0 Å². The van der Waals surface area contributed by atoms with Gasteiger partial charge in [-0.2, -0.15) is 5.26 Å². The highest BCUT2D eigenvalue weighted by Crippen LogP contribution is 2.13. The third kappa shape index (κ3) is 5.76. The Labute approximate surface area is 141 Å². The van der Waals surface area contributed by atoms with E-state index in [1.54, 1.807) is 18.2 Å². The van der Waals surface area contributed by atoms with Crippen LogP contribution in [0.15, 0.2) is 30.3 Å². The van der Waals surface area contributed by atoms with E-state index < -0.39 is 0 Å². The number of nitriles is 1. The fourth-order valence-corrected chi connectivity index (χ4v) is 2.44. The molecule has 0 atom stereocenters. The summed E-state index contributed by atoms with van der Waals surface area (Å²) in [5.74, 6) is 0.672. The van der Waals surface area contributed by atoms with E-state index in [2.05, 4.69) is 5.32 Å². The van der Waals surface area contributed by atoms with Crippen molar-refractivity contribution in [3.05, 3.63) is 35.9 Å². The van der Waals surface area contributed by atoms with E-state index in [4.69, 9.17) is 10.00 Å². The topological polar surface area (TPSA) is 82.4 Å². The Balaban J connectivity index is 1.66. The van der Waals surface area contributed by atoms with Gasteiger partial charge < -0.3 is 15.0 Å². The molecule has 1 aromatic rings. The van der Waals surface area contributed by atoms with E-state index >= 15 is 0 Å². The van der Waals surface area contributed by atoms with Crippen LogP contribution in [-0.2, 0) is 9.59 Å². The smallest absolute Gasteiger partial charge is 0.244 e. The summed E-state index contributed by atoms with van der Waals surface area (Å²) in [6.45, 7) is 2.10. The highest BCUT2D eigenvalue weighted by Gasteiger charge is 2.18. The van der Waals surface area contributed by atoms with Crippen LogP contribution in [0.25, 0.3) is 6.08 Å². The van der Waals surface area contributed by atoms with Crippen molar-refractivity contribution in [2.24, 2.45) is 0 Å². The molecule has 0 unspecified atom stereocenters. The number of hydrogen-bond donors (Lipinski definition) is 1. The van der Waals surface area contributed by atoms with E-state index in [0.717, 1.165) is 24.9 Å². The molecule has 2 rings (SSSR count). The summed E-state index contributed by atoms with van der Waals surface area (Å²) < 4.78 is 5.16. The second-order valence-corrected chi connectivity index (χ2v) is 5.48. The predicted octanol–water partition coefficient (Wildman–Crippen LogP) is 1.73. The average molecular weight is 327 g/mol. The van der Waals surface area contributed by atoms with Crippen LogP contribution >= 0.6 is 0 Å². The van der Waals surface area contributed by atoms with Gasteiger partial charge in [0.2, 0.25) is 11.8 Å². The second-order valence-electron chi connectivity index (χ2n) is 5.48. The summed E-state index contributed by atoms with van der Waals surface area (Å²) in [6.07, 6.45) is 5.54. The number of amides is 2. The first-order valence-corrected chi connectivity index (χ1v) is 8.02. The van der Waals surface area contributed by atoms with Crippen LogP contribution in [0.5, 0.6) is 5.75 Å². The molecular weight excluding hydrogens is 306 g/mol. The molecule has 1 saturated heterocycles. The molecule has 0 saturated carbocycles. The van der Waals surface area contributed by atoms with Crippen molar-refractivity contribution in [1.29, 1.82) is 5.26 Å². The highest BCUT2D eigenvalue weighted by molar-refractivity contribution is 5.91. The summed E-state index contributed by atoms with van der Waals surface area (Å²) in [5.41, 5.74) is 0.872. The quantitative estimate of drug-likeness (QED) is 0.582. The number of rotatable bonds is 8. The van der Waals surface area contributed by atoms with Crippen LogP contribution in [0.3, 0.4) is 0 Å². The molecular formula is C18H21N3O3. The summed E-state index contributed by atoms with van der Waals surface area (Å²) in [4.78, 5) is 25.0. The van der Waals surface area contributed by atoms with Crippen molar-refractivity contribution in [3.63, 3.8) is 0 Å². The lowest BCUT2D eigenvalue weighted by atomic mass is 10.2. The van der Waals surface area contributed by atoms with Gasteiger partial charge in [0.25, 0.3) is 0 Å². The second kappa shape index (κ2) is 9.36. The molecule has 1 aromatic carbocycles. The van der Waals surface area contributed by atoms with Crippen molar-refractivity contribution in [1.82, 2.24) is 10.2 Å². The van der Waals surface area contributed by atoms with Gasteiger partial charge >= 0.3 is 0 Å². The number of hydrogen-bond acceptors (Lipinski definition) is 4. The Morgan fingerprint density at radius 3 is 2.83 bits per heavy atom. The largest absolute Gasteiger partial charge is 0.479 e. The van der Waals surface area contributed by atoms with Crippen LogP contribution in [-0.4, -0.2) is 43.0 Å². The number of ether oxygens (including phenoxy) is 1. The molecule has 1 N–H and O–H groups in total.